The van der Waals surface area contributed by atoms with Crippen molar-refractivity contribution in [2.45, 2.75) is 37.4 Å². The van der Waals surface area contributed by atoms with Gasteiger partial charge in [0, 0.05) is 11.9 Å². The minimum atomic E-state index is 0.676. The Hall–Kier alpha value is 0.440. The molecule has 0 aromatic carbocycles. The number of halogens is 1. The Morgan fingerprint density at radius 1 is 1.50 bits per heavy atom. The van der Waals surface area contributed by atoms with E-state index in [2.05, 4.69) is 22.9 Å². The molecule has 2 atom stereocenters. The van der Waals surface area contributed by atoms with E-state index in [-0.39, 0.29) is 0 Å². The second kappa shape index (κ2) is 5.23. The smallest absolute Gasteiger partial charge is 0.0503 e. The molecule has 1 fully saturated rings. The predicted molar refractivity (Wildman–Crippen MR) is 55.7 cm³/mol. The first-order chi connectivity index (χ1) is 5.79. The highest BCUT2D eigenvalue weighted by molar-refractivity contribution is 9.09. The fraction of sp³-hybridized carbons (Fsp3) is 1.00. The summed E-state index contributed by atoms with van der Waals surface area (Å²) in [6.45, 7) is 3.17. The zero-order chi connectivity index (χ0) is 8.97. The van der Waals surface area contributed by atoms with Crippen molar-refractivity contribution in [3.63, 3.8) is 0 Å². The average molecular weight is 235 g/mol. The summed E-state index contributed by atoms with van der Waals surface area (Å²) in [4.78, 5) is 0.676. The van der Waals surface area contributed by atoms with Gasteiger partial charge >= 0.3 is 0 Å². The maximum atomic E-state index is 5.24. The lowest BCUT2D eigenvalue weighted by atomic mass is 9.98. The Kier molecular flexibility index (Phi) is 4.59. The van der Waals surface area contributed by atoms with Crippen molar-refractivity contribution in [2.75, 3.05) is 13.7 Å². The molecule has 0 aromatic heterocycles. The third-order valence-electron chi connectivity index (χ3n) is 2.62. The lowest BCUT2D eigenvalue weighted by Gasteiger charge is -2.20. The van der Waals surface area contributed by atoms with Gasteiger partial charge in [0.2, 0.25) is 0 Å². The van der Waals surface area contributed by atoms with Crippen LogP contribution in [0.2, 0.25) is 0 Å². The normalized spacial score (nSPS) is 22.2. The van der Waals surface area contributed by atoms with Gasteiger partial charge < -0.3 is 4.74 Å². The van der Waals surface area contributed by atoms with Crippen molar-refractivity contribution in [1.82, 2.24) is 0 Å². The van der Waals surface area contributed by atoms with Gasteiger partial charge in [-0.3, -0.25) is 0 Å². The molecule has 1 aliphatic rings. The van der Waals surface area contributed by atoms with Crippen molar-refractivity contribution in [3.8, 4) is 0 Å². The zero-order valence-electron chi connectivity index (χ0n) is 8.05. The van der Waals surface area contributed by atoms with Crippen LogP contribution < -0.4 is 0 Å². The molecule has 0 saturated heterocycles. The molecule has 12 heavy (non-hydrogen) atoms. The number of ether oxygens (including phenoxy) is 1. The van der Waals surface area contributed by atoms with Gasteiger partial charge in [0.25, 0.3) is 0 Å². The Morgan fingerprint density at radius 3 is 2.58 bits per heavy atom. The number of methoxy groups -OCH3 is 1. The molecule has 1 rings (SSSR count). The van der Waals surface area contributed by atoms with Gasteiger partial charge in [-0.05, 0) is 31.1 Å². The monoisotopic (exact) mass is 234 g/mol. The lowest BCUT2D eigenvalue weighted by molar-refractivity contribution is 0.139. The highest BCUT2D eigenvalue weighted by Gasteiger charge is 2.34. The summed E-state index contributed by atoms with van der Waals surface area (Å²) in [7, 11) is 1.81. The van der Waals surface area contributed by atoms with Gasteiger partial charge in [-0.1, -0.05) is 29.3 Å². The van der Waals surface area contributed by atoms with E-state index in [9.17, 15) is 0 Å². The van der Waals surface area contributed by atoms with E-state index in [0.717, 1.165) is 18.4 Å². The zero-order valence-corrected chi connectivity index (χ0v) is 9.64. The quantitative estimate of drug-likeness (QED) is 0.642. The van der Waals surface area contributed by atoms with Crippen LogP contribution in [0.4, 0.5) is 0 Å². The molecule has 0 heterocycles. The summed E-state index contributed by atoms with van der Waals surface area (Å²) in [6, 6.07) is 0. The largest absolute Gasteiger partial charge is 0.384 e. The van der Waals surface area contributed by atoms with E-state index < -0.39 is 0 Å². The molecule has 2 heteroatoms. The summed E-state index contributed by atoms with van der Waals surface area (Å²) in [5.41, 5.74) is 0. The van der Waals surface area contributed by atoms with Crippen molar-refractivity contribution >= 4 is 15.9 Å². The summed E-state index contributed by atoms with van der Waals surface area (Å²) >= 11 is 3.77. The first kappa shape index (κ1) is 10.5. The average Bonchev–Trinajstić information content (AvgIpc) is 2.83. The van der Waals surface area contributed by atoms with Gasteiger partial charge in [-0.25, -0.2) is 0 Å². The lowest BCUT2D eigenvalue weighted by Crippen LogP contribution is -2.21. The van der Waals surface area contributed by atoms with Crippen LogP contribution in [-0.4, -0.2) is 18.5 Å². The minimum absolute atomic E-state index is 0.676. The number of alkyl halides is 1. The van der Waals surface area contributed by atoms with Gasteiger partial charge in [-0.2, -0.15) is 0 Å². The van der Waals surface area contributed by atoms with Crippen LogP contribution in [0.3, 0.4) is 0 Å². The SMILES string of the molecule is CCCC(Br)C(COC)C1CC1. The second-order valence-corrected chi connectivity index (χ2v) is 4.94. The summed E-state index contributed by atoms with van der Waals surface area (Å²) in [5.74, 6) is 1.70. The van der Waals surface area contributed by atoms with Gasteiger partial charge in [0.05, 0.1) is 6.61 Å². The summed E-state index contributed by atoms with van der Waals surface area (Å²) < 4.78 is 5.24. The number of hydrogen-bond donors (Lipinski definition) is 0. The Labute approximate surface area is 84.0 Å². The molecule has 0 radical (unpaired) electrons. The molecular formula is C10H19BrO. The van der Waals surface area contributed by atoms with Gasteiger partial charge in [0.1, 0.15) is 0 Å². The van der Waals surface area contributed by atoms with Crippen LogP contribution in [0.15, 0.2) is 0 Å². The van der Waals surface area contributed by atoms with E-state index in [1.165, 1.54) is 25.7 Å². The fourth-order valence-electron chi connectivity index (χ4n) is 1.74. The molecule has 72 valence electrons. The standard InChI is InChI=1S/C10H19BrO/c1-3-4-10(11)9(7-12-2)8-5-6-8/h8-10H,3-7H2,1-2H3. The van der Waals surface area contributed by atoms with Crippen LogP contribution in [0.5, 0.6) is 0 Å². The second-order valence-electron chi connectivity index (χ2n) is 3.76. The first-order valence-corrected chi connectivity index (χ1v) is 5.84. The number of hydrogen-bond acceptors (Lipinski definition) is 1. The van der Waals surface area contributed by atoms with E-state index in [4.69, 9.17) is 4.74 Å². The third-order valence-corrected chi connectivity index (χ3v) is 3.75. The first-order valence-electron chi connectivity index (χ1n) is 4.92. The highest BCUT2D eigenvalue weighted by Crippen LogP contribution is 2.41. The van der Waals surface area contributed by atoms with Crippen molar-refractivity contribution in [3.05, 3.63) is 0 Å². The molecule has 0 aliphatic heterocycles. The maximum Gasteiger partial charge on any atom is 0.0503 e. The van der Waals surface area contributed by atoms with Crippen molar-refractivity contribution in [2.24, 2.45) is 11.8 Å². The molecule has 0 bridgehead atoms. The van der Waals surface area contributed by atoms with Gasteiger partial charge in [0.15, 0.2) is 0 Å². The van der Waals surface area contributed by atoms with Crippen molar-refractivity contribution in [1.29, 1.82) is 0 Å². The van der Waals surface area contributed by atoms with E-state index in [1.54, 1.807) is 7.11 Å². The summed E-state index contributed by atoms with van der Waals surface area (Å²) in [6.07, 6.45) is 5.38. The molecule has 2 unspecified atom stereocenters. The Morgan fingerprint density at radius 2 is 2.17 bits per heavy atom. The molecule has 1 saturated carbocycles. The van der Waals surface area contributed by atoms with Crippen LogP contribution in [0.25, 0.3) is 0 Å². The van der Waals surface area contributed by atoms with Crippen LogP contribution >= 0.6 is 15.9 Å². The topological polar surface area (TPSA) is 9.23 Å². The molecule has 0 N–H and O–H groups in total. The molecule has 0 spiro atoms. The number of rotatable bonds is 6. The Balaban J connectivity index is 2.29. The predicted octanol–water partition coefficient (Wildman–Crippen LogP) is 3.22. The molecule has 1 nitrogen and oxygen atoms in total. The maximum absolute atomic E-state index is 5.24. The molecule has 0 amide bonds. The fourth-order valence-corrected chi connectivity index (χ4v) is 2.78. The Bertz CT molecular complexity index is 123. The van der Waals surface area contributed by atoms with Crippen LogP contribution in [0.1, 0.15) is 32.6 Å². The van der Waals surface area contributed by atoms with Crippen LogP contribution in [-0.2, 0) is 4.74 Å². The van der Waals surface area contributed by atoms with Crippen LogP contribution in [0, 0.1) is 11.8 Å². The van der Waals surface area contributed by atoms with Gasteiger partial charge in [-0.15, -0.1) is 0 Å². The van der Waals surface area contributed by atoms with E-state index in [0.29, 0.717) is 4.83 Å². The van der Waals surface area contributed by atoms with E-state index >= 15 is 0 Å². The molecular weight excluding hydrogens is 216 g/mol. The highest BCUT2D eigenvalue weighted by atomic mass is 79.9. The third kappa shape index (κ3) is 3.06. The minimum Gasteiger partial charge on any atom is -0.384 e. The van der Waals surface area contributed by atoms with Crippen molar-refractivity contribution < 1.29 is 4.74 Å². The molecule has 0 aromatic rings. The summed E-state index contributed by atoms with van der Waals surface area (Å²) in [5, 5.41) is 0. The van der Waals surface area contributed by atoms with E-state index in [1.807, 2.05) is 0 Å². The molecule has 1 aliphatic carbocycles.